The van der Waals surface area contributed by atoms with Crippen molar-refractivity contribution in [2.24, 2.45) is 5.92 Å². The molecule has 3 aromatic carbocycles. The molecule has 7 heteroatoms. The topological polar surface area (TPSA) is 79.5 Å². The highest BCUT2D eigenvalue weighted by atomic mass is 32.1. The average molecular weight is 476 g/mol. The van der Waals surface area contributed by atoms with Crippen LogP contribution in [-0.2, 0) is 11.2 Å². The number of rotatable bonds is 9. The largest absolute Gasteiger partial charge is 0.493 e. The number of anilines is 2. The smallest absolute Gasteiger partial charge is 0.257 e. The number of amides is 2. The molecule has 0 aliphatic carbocycles. The summed E-state index contributed by atoms with van der Waals surface area (Å²) >= 11 is 5.25. The van der Waals surface area contributed by atoms with Crippen LogP contribution in [0.15, 0.2) is 78.9 Å². The predicted octanol–water partition coefficient (Wildman–Crippen LogP) is 5.42. The minimum atomic E-state index is -0.314. The van der Waals surface area contributed by atoms with Gasteiger partial charge >= 0.3 is 0 Å². The Morgan fingerprint density at radius 2 is 1.47 bits per heavy atom. The van der Waals surface area contributed by atoms with Gasteiger partial charge in [-0.05, 0) is 72.2 Å². The van der Waals surface area contributed by atoms with Gasteiger partial charge in [-0.25, -0.2) is 0 Å². The quantitative estimate of drug-likeness (QED) is 0.360. The van der Waals surface area contributed by atoms with E-state index < -0.39 is 0 Å². The van der Waals surface area contributed by atoms with Crippen LogP contribution in [0.4, 0.5) is 11.4 Å². The molecule has 0 aliphatic rings. The van der Waals surface area contributed by atoms with Gasteiger partial charge in [-0.15, -0.1) is 0 Å². The lowest BCUT2D eigenvalue weighted by molar-refractivity contribution is -0.116. The van der Waals surface area contributed by atoms with Crippen molar-refractivity contribution in [1.29, 1.82) is 0 Å². The lowest BCUT2D eigenvalue weighted by Gasteiger charge is -2.11. The third-order valence-corrected chi connectivity index (χ3v) is 5.07. The number of carbonyl (C=O) groups excluding carboxylic acids is 2. The molecule has 0 heterocycles. The van der Waals surface area contributed by atoms with E-state index in [9.17, 15) is 9.59 Å². The number of benzene rings is 3. The van der Waals surface area contributed by atoms with Crippen molar-refractivity contribution in [2.75, 3.05) is 17.2 Å². The van der Waals surface area contributed by atoms with Crippen molar-refractivity contribution >= 4 is 40.5 Å². The molecule has 0 fully saturated rings. The van der Waals surface area contributed by atoms with Crippen molar-refractivity contribution in [3.63, 3.8) is 0 Å². The SMILES string of the molecule is CC(C)CC(=O)Nc1ccc(NC(=S)NC(=O)c2ccc(OCCc3ccccc3)cc2)cc1. The van der Waals surface area contributed by atoms with Gasteiger partial charge in [-0.2, -0.15) is 0 Å². The summed E-state index contributed by atoms with van der Waals surface area (Å²) in [4.78, 5) is 24.4. The van der Waals surface area contributed by atoms with Crippen LogP contribution in [0.1, 0.15) is 36.2 Å². The van der Waals surface area contributed by atoms with Crippen LogP contribution in [0.5, 0.6) is 5.75 Å². The number of hydrogen-bond donors (Lipinski definition) is 3. The van der Waals surface area contributed by atoms with Crippen LogP contribution in [0.25, 0.3) is 0 Å². The molecule has 0 unspecified atom stereocenters. The molecule has 34 heavy (non-hydrogen) atoms. The van der Waals surface area contributed by atoms with Gasteiger partial charge in [0.1, 0.15) is 5.75 Å². The average Bonchev–Trinajstić information content (AvgIpc) is 2.81. The molecular weight excluding hydrogens is 446 g/mol. The fraction of sp³-hybridized carbons (Fsp3) is 0.222. The second kappa shape index (κ2) is 12.5. The van der Waals surface area contributed by atoms with Crippen molar-refractivity contribution < 1.29 is 14.3 Å². The minimum absolute atomic E-state index is 0.0221. The van der Waals surface area contributed by atoms with E-state index in [1.54, 1.807) is 48.5 Å². The second-order valence-electron chi connectivity index (χ2n) is 8.24. The maximum atomic E-state index is 12.5. The molecule has 6 nitrogen and oxygen atoms in total. The highest BCUT2D eigenvalue weighted by molar-refractivity contribution is 7.80. The number of thiocarbonyl (C=S) groups is 1. The second-order valence-corrected chi connectivity index (χ2v) is 8.65. The molecule has 0 radical (unpaired) electrons. The molecule has 0 aromatic heterocycles. The summed E-state index contributed by atoms with van der Waals surface area (Å²) in [6, 6.07) is 24.2. The van der Waals surface area contributed by atoms with Crippen LogP contribution < -0.4 is 20.7 Å². The van der Waals surface area contributed by atoms with Gasteiger partial charge < -0.3 is 15.4 Å². The highest BCUT2D eigenvalue weighted by Crippen LogP contribution is 2.15. The van der Waals surface area contributed by atoms with E-state index in [0.717, 1.165) is 6.42 Å². The van der Waals surface area contributed by atoms with Gasteiger partial charge in [0.15, 0.2) is 5.11 Å². The fourth-order valence-electron chi connectivity index (χ4n) is 3.19. The summed E-state index contributed by atoms with van der Waals surface area (Å²) in [5.74, 6) is 0.663. The van der Waals surface area contributed by atoms with E-state index in [4.69, 9.17) is 17.0 Å². The summed E-state index contributed by atoms with van der Waals surface area (Å²) in [7, 11) is 0. The highest BCUT2D eigenvalue weighted by Gasteiger charge is 2.09. The Morgan fingerprint density at radius 1 is 0.853 bits per heavy atom. The van der Waals surface area contributed by atoms with Gasteiger partial charge in [0.2, 0.25) is 5.91 Å². The molecule has 0 saturated heterocycles. The molecule has 0 bridgehead atoms. The number of hydrogen-bond acceptors (Lipinski definition) is 4. The number of ether oxygens (including phenoxy) is 1. The summed E-state index contributed by atoms with van der Waals surface area (Å²) in [5, 5.41) is 8.68. The van der Waals surface area contributed by atoms with E-state index in [2.05, 4.69) is 28.1 Å². The molecule has 176 valence electrons. The van der Waals surface area contributed by atoms with Crippen LogP contribution >= 0.6 is 12.2 Å². The lowest BCUT2D eigenvalue weighted by atomic mass is 10.1. The van der Waals surface area contributed by atoms with E-state index in [-0.39, 0.29) is 16.9 Å². The van der Waals surface area contributed by atoms with Crippen LogP contribution in [0.3, 0.4) is 0 Å². The Morgan fingerprint density at radius 3 is 2.09 bits per heavy atom. The Hall–Kier alpha value is -3.71. The molecular formula is C27H29N3O3S. The Balaban J connectivity index is 1.44. The minimum Gasteiger partial charge on any atom is -0.493 e. The number of nitrogens with one attached hydrogen (secondary N) is 3. The molecule has 0 atom stereocenters. The standard InChI is InChI=1S/C27H29N3O3S/c1-19(2)18-25(31)28-22-10-12-23(13-11-22)29-27(34)30-26(32)21-8-14-24(15-9-21)33-17-16-20-6-4-3-5-7-20/h3-15,19H,16-18H2,1-2H3,(H,28,31)(H2,29,30,32,34). The molecule has 0 aliphatic heterocycles. The van der Waals surface area contributed by atoms with E-state index in [0.29, 0.717) is 41.6 Å². The molecule has 3 rings (SSSR count). The Kier molecular flexibility index (Phi) is 9.17. The molecule has 0 spiro atoms. The van der Waals surface area contributed by atoms with Crippen molar-refractivity contribution in [3.8, 4) is 5.75 Å². The van der Waals surface area contributed by atoms with Crippen molar-refractivity contribution in [3.05, 3.63) is 90.0 Å². The zero-order valence-electron chi connectivity index (χ0n) is 19.3. The van der Waals surface area contributed by atoms with Gasteiger partial charge in [-0.1, -0.05) is 44.2 Å². The third-order valence-electron chi connectivity index (χ3n) is 4.87. The van der Waals surface area contributed by atoms with Crippen molar-refractivity contribution in [2.45, 2.75) is 26.7 Å². The summed E-state index contributed by atoms with van der Waals surface area (Å²) in [6.07, 6.45) is 1.28. The molecule has 0 saturated carbocycles. The predicted molar refractivity (Wildman–Crippen MR) is 140 cm³/mol. The number of carbonyl (C=O) groups is 2. The van der Waals surface area contributed by atoms with E-state index >= 15 is 0 Å². The van der Waals surface area contributed by atoms with E-state index in [1.807, 2.05) is 32.0 Å². The van der Waals surface area contributed by atoms with Crippen LogP contribution in [-0.4, -0.2) is 23.5 Å². The first-order chi connectivity index (χ1) is 16.4. The Bertz CT molecular complexity index is 1100. The maximum Gasteiger partial charge on any atom is 0.257 e. The third kappa shape index (κ3) is 8.33. The normalized spacial score (nSPS) is 10.4. The van der Waals surface area contributed by atoms with E-state index in [1.165, 1.54) is 5.56 Å². The molecule has 2 amide bonds. The fourth-order valence-corrected chi connectivity index (χ4v) is 3.40. The van der Waals surface area contributed by atoms with Crippen molar-refractivity contribution in [1.82, 2.24) is 5.32 Å². The first-order valence-electron chi connectivity index (χ1n) is 11.2. The zero-order chi connectivity index (χ0) is 24.3. The lowest BCUT2D eigenvalue weighted by Crippen LogP contribution is -2.34. The summed E-state index contributed by atoms with van der Waals surface area (Å²) < 4.78 is 5.76. The van der Waals surface area contributed by atoms with Gasteiger partial charge in [0, 0.05) is 29.8 Å². The monoisotopic (exact) mass is 475 g/mol. The first-order valence-corrected chi connectivity index (χ1v) is 11.6. The van der Waals surface area contributed by atoms with Crippen LogP contribution in [0.2, 0.25) is 0 Å². The maximum absolute atomic E-state index is 12.5. The molecule has 3 N–H and O–H groups in total. The summed E-state index contributed by atoms with van der Waals surface area (Å²) in [5.41, 5.74) is 3.10. The first kappa shape index (κ1) is 24.9. The van der Waals surface area contributed by atoms with Gasteiger partial charge in [0.05, 0.1) is 6.61 Å². The van der Waals surface area contributed by atoms with Gasteiger partial charge in [-0.3, -0.25) is 14.9 Å². The molecule has 3 aromatic rings. The Labute approximate surface area is 205 Å². The summed E-state index contributed by atoms with van der Waals surface area (Å²) in [6.45, 7) is 4.55. The zero-order valence-corrected chi connectivity index (χ0v) is 20.2. The van der Waals surface area contributed by atoms with Crippen LogP contribution in [0, 0.1) is 5.92 Å². The van der Waals surface area contributed by atoms with Gasteiger partial charge in [0.25, 0.3) is 5.91 Å².